The number of carbonyl (C=O) groups excluding carboxylic acids is 1. The zero-order chi connectivity index (χ0) is 23.3. The number of anilines is 2. The Hall–Kier alpha value is -3.50. The molecule has 8 nitrogen and oxygen atoms in total. The van der Waals surface area contributed by atoms with Gasteiger partial charge in [0.15, 0.2) is 0 Å². The van der Waals surface area contributed by atoms with Crippen molar-refractivity contribution in [1.29, 1.82) is 0 Å². The number of nitrogens with one attached hydrogen (secondary N) is 1. The van der Waals surface area contributed by atoms with E-state index in [0.717, 1.165) is 24.2 Å². The highest BCUT2D eigenvalue weighted by Gasteiger charge is 2.34. The number of nitro benzene ring substituents is 1. The number of alkyl halides is 3. The van der Waals surface area contributed by atoms with Crippen molar-refractivity contribution in [2.75, 3.05) is 42.5 Å². The van der Waals surface area contributed by atoms with E-state index in [1.54, 1.807) is 23.1 Å². The molecule has 1 fully saturated rings. The molecule has 0 bridgehead atoms. The number of ether oxygens (including phenoxy) is 1. The molecule has 32 heavy (non-hydrogen) atoms. The number of nitrogens with zero attached hydrogens (tertiary/aromatic N) is 3. The third-order valence-electron chi connectivity index (χ3n) is 5.03. The third kappa shape index (κ3) is 5.59. The van der Waals surface area contributed by atoms with Crippen molar-refractivity contribution in [2.45, 2.75) is 19.5 Å². The molecule has 0 atom stereocenters. The number of halogens is 3. The average molecular weight is 452 g/mol. The lowest BCUT2D eigenvalue weighted by Gasteiger charge is -2.37. The fourth-order valence-corrected chi connectivity index (χ4v) is 3.43. The first-order chi connectivity index (χ1) is 15.2. The first-order valence-corrected chi connectivity index (χ1v) is 10.1. The van der Waals surface area contributed by atoms with E-state index in [9.17, 15) is 28.1 Å². The Morgan fingerprint density at radius 1 is 1.12 bits per heavy atom. The molecule has 0 saturated carbocycles. The summed E-state index contributed by atoms with van der Waals surface area (Å²) in [6.45, 7) is 4.19. The van der Waals surface area contributed by atoms with Crippen molar-refractivity contribution in [2.24, 2.45) is 0 Å². The summed E-state index contributed by atoms with van der Waals surface area (Å²) < 4.78 is 44.1. The number of hydrogen-bond donors (Lipinski definition) is 1. The lowest BCUT2D eigenvalue weighted by Crippen LogP contribution is -2.46. The molecule has 0 aromatic heterocycles. The van der Waals surface area contributed by atoms with E-state index < -0.39 is 28.4 Å². The Bertz CT molecular complexity index is 976. The summed E-state index contributed by atoms with van der Waals surface area (Å²) in [5, 5.41) is 14.0. The highest BCUT2D eigenvalue weighted by Crippen LogP contribution is 2.37. The van der Waals surface area contributed by atoms with Crippen molar-refractivity contribution < 1.29 is 27.6 Å². The van der Waals surface area contributed by atoms with Crippen LogP contribution >= 0.6 is 0 Å². The molecular formula is C21H23F3N4O4. The number of carbonyl (C=O) groups is 1. The molecule has 1 aliphatic rings. The minimum Gasteiger partial charge on any atom is -0.410 e. The van der Waals surface area contributed by atoms with E-state index >= 15 is 0 Å². The summed E-state index contributed by atoms with van der Waals surface area (Å²) in [6, 6.07) is 9.59. The topological polar surface area (TPSA) is 88.0 Å². The van der Waals surface area contributed by atoms with Gasteiger partial charge in [-0.15, -0.1) is 0 Å². The zero-order valence-corrected chi connectivity index (χ0v) is 17.4. The van der Waals surface area contributed by atoms with Crippen LogP contribution in [0.4, 0.5) is 35.0 Å². The van der Waals surface area contributed by atoms with Gasteiger partial charge in [0.05, 0.1) is 10.5 Å². The van der Waals surface area contributed by atoms with Crippen molar-refractivity contribution in [1.82, 2.24) is 5.32 Å². The summed E-state index contributed by atoms with van der Waals surface area (Å²) in [5.74, 6) is 0.386. The molecule has 1 saturated heterocycles. The predicted molar refractivity (Wildman–Crippen MR) is 113 cm³/mol. The lowest BCUT2D eigenvalue weighted by molar-refractivity contribution is -0.384. The van der Waals surface area contributed by atoms with Crippen LogP contribution in [0.3, 0.4) is 0 Å². The minimum absolute atomic E-state index is 0.160. The van der Waals surface area contributed by atoms with E-state index in [1.807, 2.05) is 17.9 Å². The Labute approximate surface area is 182 Å². The van der Waals surface area contributed by atoms with E-state index in [2.05, 4.69) is 5.32 Å². The first-order valence-electron chi connectivity index (χ1n) is 10.1. The van der Waals surface area contributed by atoms with Crippen molar-refractivity contribution in [3.05, 3.63) is 58.1 Å². The van der Waals surface area contributed by atoms with Crippen LogP contribution in [0.15, 0.2) is 42.5 Å². The SMILES string of the molecule is CCCNC(=O)Oc1cccc(N2CCN(c3ccc(C(F)(F)F)cc3[N+](=O)[O-])CC2)c1. The summed E-state index contributed by atoms with van der Waals surface area (Å²) in [7, 11) is 0. The number of amides is 1. The molecule has 1 aliphatic heterocycles. The second kappa shape index (κ2) is 9.75. The van der Waals surface area contributed by atoms with Crippen LogP contribution < -0.4 is 19.9 Å². The van der Waals surface area contributed by atoms with Gasteiger partial charge in [-0.3, -0.25) is 10.1 Å². The Morgan fingerprint density at radius 2 is 1.81 bits per heavy atom. The second-order valence-electron chi connectivity index (χ2n) is 7.25. The Balaban J connectivity index is 1.69. The quantitative estimate of drug-likeness (QED) is 0.515. The maximum absolute atomic E-state index is 12.9. The van der Waals surface area contributed by atoms with Crippen LogP contribution in [-0.4, -0.2) is 43.7 Å². The Kier molecular flexibility index (Phi) is 7.06. The number of rotatable bonds is 6. The molecule has 3 rings (SSSR count). The van der Waals surface area contributed by atoms with Crippen LogP contribution in [-0.2, 0) is 6.18 Å². The van der Waals surface area contributed by atoms with E-state index in [-0.39, 0.29) is 5.69 Å². The van der Waals surface area contributed by atoms with E-state index in [4.69, 9.17) is 4.74 Å². The van der Waals surface area contributed by atoms with Gasteiger partial charge in [0, 0.05) is 50.5 Å². The molecule has 0 aliphatic carbocycles. The number of nitro groups is 1. The van der Waals surface area contributed by atoms with Crippen LogP contribution in [0.2, 0.25) is 0 Å². The maximum atomic E-state index is 12.9. The summed E-state index contributed by atoms with van der Waals surface area (Å²) in [6.07, 6.45) is -4.40. The van der Waals surface area contributed by atoms with Gasteiger partial charge < -0.3 is 19.9 Å². The van der Waals surface area contributed by atoms with Crippen molar-refractivity contribution >= 4 is 23.2 Å². The summed E-state index contributed by atoms with van der Waals surface area (Å²) in [5.41, 5.74) is -0.646. The lowest BCUT2D eigenvalue weighted by atomic mass is 10.1. The molecule has 0 unspecified atom stereocenters. The number of benzene rings is 2. The molecule has 1 N–H and O–H groups in total. The number of hydrogen-bond acceptors (Lipinski definition) is 6. The van der Waals surface area contributed by atoms with Gasteiger partial charge in [-0.05, 0) is 30.7 Å². The average Bonchev–Trinajstić information content (AvgIpc) is 2.77. The van der Waals surface area contributed by atoms with Crippen LogP contribution in [0.1, 0.15) is 18.9 Å². The predicted octanol–water partition coefficient (Wildman–Crippen LogP) is 4.44. The molecule has 1 heterocycles. The van der Waals surface area contributed by atoms with Gasteiger partial charge in [-0.1, -0.05) is 13.0 Å². The molecule has 1 amide bonds. The Morgan fingerprint density at radius 3 is 2.44 bits per heavy atom. The highest BCUT2D eigenvalue weighted by molar-refractivity contribution is 5.71. The monoisotopic (exact) mass is 452 g/mol. The molecule has 0 radical (unpaired) electrons. The molecular weight excluding hydrogens is 429 g/mol. The van der Waals surface area contributed by atoms with Crippen LogP contribution in [0, 0.1) is 10.1 Å². The van der Waals surface area contributed by atoms with Crippen molar-refractivity contribution in [3.63, 3.8) is 0 Å². The fraction of sp³-hybridized carbons (Fsp3) is 0.381. The largest absolute Gasteiger partial charge is 0.416 e. The molecule has 2 aromatic rings. The maximum Gasteiger partial charge on any atom is 0.416 e. The van der Waals surface area contributed by atoms with Gasteiger partial charge >= 0.3 is 12.3 Å². The summed E-state index contributed by atoms with van der Waals surface area (Å²) >= 11 is 0. The van der Waals surface area contributed by atoms with Crippen LogP contribution in [0.25, 0.3) is 0 Å². The van der Waals surface area contributed by atoms with E-state index in [1.165, 1.54) is 0 Å². The van der Waals surface area contributed by atoms with Gasteiger partial charge in [0.1, 0.15) is 11.4 Å². The minimum atomic E-state index is -4.65. The van der Waals surface area contributed by atoms with Crippen LogP contribution in [0.5, 0.6) is 5.75 Å². The zero-order valence-electron chi connectivity index (χ0n) is 17.4. The van der Waals surface area contributed by atoms with Gasteiger partial charge in [-0.2, -0.15) is 13.2 Å². The molecule has 2 aromatic carbocycles. The first kappa shape index (κ1) is 23.2. The van der Waals surface area contributed by atoms with Gasteiger partial charge in [0.2, 0.25) is 0 Å². The standard InChI is InChI=1S/C21H23F3N4O4/c1-2-8-25-20(29)32-17-5-3-4-16(14-17)26-9-11-27(12-10-26)18-7-6-15(21(22,23)24)13-19(18)28(30)31/h3-7,13-14H,2,8-12H2,1H3,(H,25,29). The number of piperazine rings is 1. The smallest absolute Gasteiger partial charge is 0.410 e. The summed E-state index contributed by atoms with van der Waals surface area (Å²) in [4.78, 5) is 26.1. The van der Waals surface area contributed by atoms with Crippen molar-refractivity contribution in [3.8, 4) is 5.75 Å². The molecule has 172 valence electrons. The fourth-order valence-electron chi connectivity index (χ4n) is 3.43. The van der Waals surface area contributed by atoms with Gasteiger partial charge in [-0.25, -0.2) is 4.79 Å². The van der Waals surface area contributed by atoms with E-state index in [0.29, 0.717) is 44.5 Å². The van der Waals surface area contributed by atoms with Gasteiger partial charge in [0.25, 0.3) is 5.69 Å². The molecule has 11 heteroatoms. The third-order valence-corrected chi connectivity index (χ3v) is 5.03. The molecule has 0 spiro atoms. The normalized spacial score (nSPS) is 14.2. The highest BCUT2D eigenvalue weighted by atomic mass is 19.4. The second-order valence-corrected chi connectivity index (χ2v) is 7.25.